The molecule has 0 aromatic carbocycles. The van der Waals surface area contributed by atoms with Gasteiger partial charge in [-0.2, -0.15) is 0 Å². The first-order valence-corrected chi connectivity index (χ1v) is 22.2. The zero-order valence-electron chi connectivity index (χ0n) is 35.4. The summed E-state index contributed by atoms with van der Waals surface area (Å²) in [5.74, 6) is -0.0836. The van der Waals surface area contributed by atoms with E-state index < -0.39 is 12.1 Å². The van der Waals surface area contributed by atoms with Crippen LogP contribution in [0.1, 0.15) is 174 Å². The predicted molar refractivity (Wildman–Crippen MR) is 243 cm³/mol. The molecule has 0 aromatic heterocycles. The highest BCUT2D eigenvalue weighted by atomic mass is 16.3. The molecule has 0 heterocycles. The van der Waals surface area contributed by atoms with Crippen molar-refractivity contribution in [1.82, 2.24) is 5.32 Å². The van der Waals surface area contributed by atoms with E-state index in [1.54, 1.807) is 6.08 Å². The average Bonchev–Trinajstić information content (AvgIpc) is 3.19. The van der Waals surface area contributed by atoms with E-state index in [0.29, 0.717) is 6.42 Å². The fourth-order valence-electron chi connectivity index (χ4n) is 5.80. The van der Waals surface area contributed by atoms with Crippen molar-refractivity contribution in [2.24, 2.45) is 0 Å². The fourth-order valence-corrected chi connectivity index (χ4v) is 5.80. The number of nitrogens with one attached hydrogen (secondary N) is 1. The van der Waals surface area contributed by atoms with Crippen LogP contribution < -0.4 is 5.32 Å². The zero-order valence-corrected chi connectivity index (χ0v) is 35.4. The zero-order chi connectivity index (χ0) is 40.0. The SMILES string of the molecule is CC/C=C\C/C=C\C/C=C\C/C=C\C/C=C\C/C=C\C/C=C\C/C=C\C/C=C\CCCCCCCCCCCCCC(=O)NC(CO)C(O)/C=C/CCCC. The Hall–Kier alpha value is -3.21. The average molecular weight is 758 g/mol. The number of hydrogen-bond acceptors (Lipinski definition) is 3. The quantitative estimate of drug-likeness (QED) is 0.0434. The van der Waals surface area contributed by atoms with Crippen LogP contribution in [-0.2, 0) is 4.79 Å². The molecule has 3 N–H and O–H groups in total. The molecule has 0 aliphatic heterocycles. The van der Waals surface area contributed by atoms with Gasteiger partial charge in [-0.1, -0.05) is 206 Å². The molecule has 55 heavy (non-hydrogen) atoms. The summed E-state index contributed by atoms with van der Waals surface area (Å²) in [6.45, 7) is 4.03. The van der Waals surface area contributed by atoms with Gasteiger partial charge in [0.05, 0.1) is 18.8 Å². The lowest BCUT2D eigenvalue weighted by Gasteiger charge is -2.19. The second kappa shape index (κ2) is 45.2. The lowest BCUT2D eigenvalue weighted by atomic mass is 10.0. The highest BCUT2D eigenvalue weighted by Gasteiger charge is 2.17. The molecule has 0 bridgehead atoms. The van der Waals surface area contributed by atoms with E-state index in [1.807, 2.05) is 6.08 Å². The molecule has 1 amide bonds. The van der Waals surface area contributed by atoms with Gasteiger partial charge < -0.3 is 15.5 Å². The van der Waals surface area contributed by atoms with Gasteiger partial charge in [0.25, 0.3) is 0 Å². The lowest BCUT2D eigenvalue weighted by Crippen LogP contribution is -2.45. The Balaban J connectivity index is 3.56. The summed E-state index contributed by atoms with van der Waals surface area (Å²) >= 11 is 0. The topological polar surface area (TPSA) is 69.6 Å². The van der Waals surface area contributed by atoms with Gasteiger partial charge in [0.2, 0.25) is 5.91 Å². The van der Waals surface area contributed by atoms with Crippen molar-refractivity contribution in [2.45, 2.75) is 187 Å². The van der Waals surface area contributed by atoms with Gasteiger partial charge in [-0.15, -0.1) is 0 Å². The van der Waals surface area contributed by atoms with Crippen LogP contribution in [0.15, 0.2) is 122 Å². The lowest BCUT2D eigenvalue weighted by molar-refractivity contribution is -0.123. The van der Waals surface area contributed by atoms with Gasteiger partial charge in [0, 0.05) is 6.42 Å². The van der Waals surface area contributed by atoms with Crippen LogP contribution in [-0.4, -0.2) is 34.9 Å². The number of allylic oxidation sites excluding steroid dienone is 19. The van der Waals surface area contributed by atoms with Crippen LogP contribution in [0.5, 0.6) is 0 Å². The van der Waals surface area contributed by atoms with Gasteiger partial charge in [-0.05, 0) is 83.5 Å². The van der Waals surface area contributed by atoms with E-state index in [2.05, 4.69) is 129 Å². The highest BCUT2D eigenvalue weighted by molar-refractivity contribution is 5.76. The van der Waals surface area contributed by atoms with E-state index >= 15 is 0 Å². The van der Waals surface area contributed by atoms with Crippen LogP contribution in [0.25, 0.3) is 0 Å². The number of rotatable bonds is 38. The van der Waals surface area contributed by atoms with Crippen LogP contribution in [0.3, 0.4) is 0 Å². The summed E-state index contributed by atoms with van der Waals surface area (Å²) in [4.78, 5) is 12.2. The van der Waals surface area contributed by atoms with Crippen molar-refractivity contribution in [2.75, 3.05) is 6.61 Å². The van der Waals surface area contributed by atoms with Gasteiger partial charge in [0.15, 0.2) is 0 Å². The number of aliphatic hydroxyl groups excluding tert-OH is 2. The third-order valence-electron chi connectivity index (χ3n) is 9.20. The molecular weight excluding hydrogens is 675 g/mol. The molecule has 0 aliphatic carbocycles. The summed E-state index contributed by atoms with van der Waals surface area (Å²) in [5.41, 5.74) is 0. The van der Waals surface area contributed by atoms with Crippen molar-refractivity contribution in [3.8, 4) is 0 Å². The Morgan fingerprint density at radius 2 is 0.800 bits per heavy atom. The summed E-state index contributed by atoms with van der Waals surface area (Å²) < 4.78 is 0. The fraction of sp³-hybridized carbons (Fsp3) is 0.588. The third-order valence-corrected chi connectivity index (χ3v) is 9.20. The van der Waals surface area contributed by atoms with Gasteiger partial charge >= 0.3 is 0 Å². The Morgan fingerprint density at radius 3 is 1.18 bits per heavy atom. The Labute approximate surface area is 339 Å². The van der Waals surface area contributed by atoms with Crippen LogP contribution in [0, 0.1) is 0 Å². The maximum Gasteiger partial charge on any atom is 0.220 e. The van der Waals surface area contributed by atoms with Crippen molar-refractivity contribution in [1.29, 1.82) is 0 Å². The first-order valence-electron chi connectivity index (χ1n) is 22.2. The number of amides is 1. The van der Waals surface area contributed by atoms with Crippen molar-refractivity contribution in [3.05, 3.63) is 122 Å². The summed E-state index contributed by atoms with van der Waals surface area (Å²) in [6, 6.07) is -0.626. The van der Waals surface area contributed by atoms with Crippen molar-refractivity contribution in [3.63, 3.8) is 0 Å². The van der Waals surface area contributed by atoms with Gasteiger partial charge in [0.1, 0.15) is 0 Å². The number of unbranched alkanes of at least 4 members (excludes halogenated alkanes) is 13. The normalized spacial score (nSPS) is 14.2. The van der Waals surface area contributed by atoms with Gasteiger partial charge in [-0.3, -0.25) is 4.79 Å². The van der Waals surface area contributed by atoms with E-state index in [-0.39, 0.29) is 12.5 Å². The number of carbonyl (C=O) groups is 1. The van der Waals surface area contributed by atoms with Crippen LogP contribution in [0.2, 0.25) is 0 Å². The summed E-state index contributed by atoms with van der Waals surface area (Å²) in [7, 11) is 0. The smallest absolute Gasteiger partial charge is 0.220 e. The minimum atomic E-state index is -0.842. The first-order chi connectivity index (χ1) is 27.2. The van der Waals surface area contributed by atoms with Crippen molar-refractivity contribution >= 4 is 5.91 Å². The van der Waals surface area contributed by atoms with Crippen molar-refractivity contribution < 1.29 is 15.0 Å². The van der Waals surface area contributed by atoms with Crippen LogP contribution >= 0.6 is 0 Å². The Morgan fingerprint density at radius 1 is 0.455 bits per heavy atom. The predicted octanol–water partition coefficient (Wildman–Crippen LogP) is 14.2. The minimum Gasteiger partial charge on any atom is -0.394 e. The molecule has 0 fully saturated rings. The molecule has 0 rings (SSSR count). The standard InChI is InChI=1S/C51H83NO3/c1-3-5-7-9-10-11-12-13-14-15-16-17-18-19-20-21-22-23-24-25-26-27-28-29-30-31-32-33-34-35-36-37-38-39-40-41-42-43-45-47-51(55)52-49(48-53)50(54)46-44-8-6-4-2/h5,7,10-11,13-14,16-17,19-20,22-23,25-26,28-29,31-32,44,46,49-50,53-54H,3-4,6,8-9,12,15,18,21,24,27,30,33-43,45,47-48H2,1-2H3,(H,52,55)/b7-5-,11-10-,14-13-,17-16-,20-19-,23-22-,26-25-,29-28-,32-31-,46-44+. The van der Waals surface area contributed by atoms with E-state index in [4.69, 9.17) is 0 Å². The van der Waals surface area contributed by atoms with E-state index in [1.165, 1.54) is 64.2 Å². The number of hydrogen-bond donors (Lipinski definition) is 3. The van der Waals surface area contributed by atoms with E-state index in [9.17, 15) is 15.0 Å². The molecule has 0 radical (unpaired) electrons. The molecule has 0 aromatic rings. The van der Waals surface area contributed by atoms with Gasteiger partial charge in [-0.25, -0.2) is 0 Å². The molecule has 310 valence electrons. The second-order valence-electron chi connectivity index (χ2n) is 14.4. The summed E-state index contributed by atoms with van der Waals surface area (Å²) in [6.07, 6.45) is 70.8. The largest absolute Gasteiger partial charge is 0.394 e. The molecule has 0 spiro atoms. The third kappa shape index (κ3) is 41.8. The Bertz CT molecular complexity index is 1130. The number of carbonyl (C=O) groups excluding carboxylic acids is 1. The maximum absolute atomic E-state index is 12.2. The molecular formula is C51H83NO3. The Kier molecular flexibility index (Phi) is 42.5. The van der Waals surface area contributed by atoms with Crippen LogP contribution in [0.4, 0.5) is 0 Å². The molecule has 4 nitrogen and oxygen atoms in total. The molecule has 4 heteroatoms. The maximum atomic E-state index is 12.2. The monoisotopic (exact) mass is 758 g/mol. The first kappa shape index (κ1) is 51.8. The highest BCUT2D eigenvalue weighted by Crippen LogP contribution is 2.13. The molecule has 2 unspecified atom stereocenters. The minimum absolute atomic E-state index is 0.0836. The number of aliphatic hydroxyl groups is 2. The second-order valence-corrected chi connectivity index (χ2v) is 14.4. The molecule has 0 saturated heterocycles. The molecule has 0 aliphatic rings. The molecule has 0 saturated carbocycles. The van der Waals surface area contributed by atoms with E-state index in [0.717, 1.165) is 89.9 Å². The summed E-state index contributed by atoms with van der Waals surface area (Å²) in [5, 5.41) is 22.5. The molecule has 2 atom stereocenters.